The molecule has 0 unspecified atom stereocenters. The molecule has 1 aliphatic heterocycles. The number of hydrogen-bond acceptors (Lipinski definition) is 6. The zero-order chi connectivity index (χ0) is 26.9. The van der Waals surface area contributed by atoms with Crippen LogP contribution >= 0.6 is 15.9 Å². The molecule has 1 aromatic rings. The Morgan fingerprint density at radius 3 is 2.37 bits per heavy atom. The maximum absolute atomic E-state index is 16.5. The van der Waals surface area contributed by atoms with Gasteiger partial charge in [0.25, 0.3) is 0 Å². The Bertz CT molecular complexity index is 1090. The van der Waals surface area contributed by atoms with Gasteiger partial charge in [-0.25, -0.2) is 17.9 Å². The standard InChI is InChI=1S/C24H40BrFN4O2S2Si/c1-9-35(10-2,11-3)18-15-19(25)29-21(20(18)26)24(8,30-33(31)22(4,5)6)17-34(32)23(7,16-27)13-12-14-28-34/h15,30H,9-14,17H2,1-8H3/t23-,24-,33+,34-/m0/s1. The Kier molecular flexibility index (Phi) is 9.72. The summed E-state index contributed by atoms with van der Waals surface area (Å²) in [4.78, 5) is 4.54. The molecule has 4 atom stereocenters. The first kappa shape index (κ1) is 30.7. The van der Waals surface area contributed by atoms with Crippen LogP contribution in [0, 0.1) is 17.1 Å². The molecular weight excluding hydrogens is 567 g/mol. The average molecular weight is 608 g/mol. The molecule has 11 heteroatoms. The fourth-order valence-corrected chi connectivity index (χ4v) is 12.7. The molecule has 2 heterocycles. The van der Waals surface area contributed by atoms with Gasteiger partial charge in [-0.1, -0.05) is 38.9 Å². The van der Waals surface area contributed by atoms with Crippen LogP contribution in [-0.2, 0) is 26.6 Å². The second-order valence-electron chi connectivity index (χ2n) is 10.9. The van der Waals surface area contributed by atoms with Gasteiger partial charge in [0, 0.05) is 17.9 Å². The van der Waals surface area contributed by atoms with Gasteiger partial charge in [-0.3, -0.25) is 0 Å². The van der Waals surface area contributed by atoms with Gasteiger partial charge < -0.3 is 4.55 Å². The Labute approximate surface area is 223 Å². The van der Waals surface area contributed by atoms with Crippen LogP contribution in [0.25, 0.3) is 0 Å². The van der Waals surface area contributed by atoms with Crippen LogP contribution in [-0.4, -0.2) is 43.6 Å². The lowest BCUT2D eigenvalue weighted by molar-refractivity contribution is 0.422. The van der Waals surface area contributed by atoms with E-state index in [1.807, 2.05) is 20.8 Å². The average Bonchev–Trinajstić information content (AvgIpc) is 2.78. The first-order valence-electron chi connectivity index (χ1n) is 12.2. The third-order valence-corrected chi connectivity index (χ3v) is 18.5. The van der Waals surface area contributed by atoms with E-state index >= 15 is 4.39 Å². The molecular formula is C24H40BrFN4O2S2Si. The number of rotatable bonds is 9. The van der Waals surface area contributed by atoms with Gasteiger partial charge in [0.1, 0.15) is 31.1 Å². The van der Waals surface area contributed by atoms with E-state index in [0.717, 1.165) is 18.1 Å². The quantitative estimate of drug-likeness (QED) is 0.227. The molecule has 0 amide bonds. The summed E-state index contributed by atoms with van der Waals surface area (Å²) in [6.07, 6.45) is 1.12. The Morgan fingerprint density at radius 2 is 1.89 bits per heavy atom. The molecule has 6 nitrogen and oxygen atoms in total. The van der Waals surface area contributed by atoms with Crippen molar-refractivity contribution in [3.8, 4) is 6.07 Å². The lowest BCUT2D eigenvalue weighted by Crippen LogP contribution is -2.57. The van der Waals surface area contributed by atoms with Crippen LogP contribution in [0.2, 0.25) is 18.1 Å². The van der Waals surface area contributed by atoms with Crippen molar-refractivity contribution in [1.29, 1.82) is 5.26 Å². The van der Waals surface area contributed by atoms with E-state index in [4.69, 9.17) is 0 Å². The molecule has 198 valence electrons. The van der Waals surface area contributed by atoms with Crippen LogP contribution in [0.1, 0.15) is 73.9 Å². The van der Waals surface area contributed by atoms with E-state index in [9.17, 15) is 14.0 Å². The highest BCUT2D eigenvalue weighted by Gasteiger charge is 2.49. The van der Waals surface area contributed by atoms with Gasteiger partial charge >= 0.3 is 0 Å². The van der Waals surface area contributed by atoms with E-state index in [-0.39, 0.29) is 11.4 Å². The highest BCUT2D eigenvalue weighted by molar-refractivity contribution is 9.10. The maximum atomic E-state index is 16.5. The fourth-order valence-electron chi connectivity index (χ4n) is 4.73. The minimum absolute atomic E-state index is 0.0792. The zero-order valence-corrected chi connectivity index (χ0v) is 26.5. The molecule has 0 radical (unpaired) electrons. The number of hydrogen-bond donors (Lipinski definition) is 1. The molecule has 0 bridgehead atoms. The predicted octanol–water partition coefficient (Wildman–Crippen LogP) is 5.51. The van der Waals surface area contributed by atoms with E-state index in [0.29, 0.717) is 29.2 Å². The predicted molar refractivity (Wildman–Crippen MR) is 151 cm³/mol. The fraction of sp³-hybridized carbons (Fsp3) is 0.750. The molecule has 35 heavy (non-hydrogen) atoms. The van der Waals surface area contributed by atoms with Gasteiger partial charge in [0.05, 0.1) is 29.6 Å². The summed E-state index contributed by atoms with van der Waals surface area (Å²) in [7, 11) is -5.27. The van der Waals surface area contributed by atoms with Crippen molar-refractivity contribution in [1.82, 2.24) is 9.71 Å². The SMILES string of the molecule is CC[Si](CC)(CC)c1cc(Br)nc([C@](C)(C[S@@]2(=O)=NCCC[C@@]2(C)C#N)N[S@+]([O-])C(C)(C)C)c1F. The number of pyridine rings is 1. The summed E-state index contributed by atoms with van der Waals surface area (Å²) in [5, 5.41) is 10.6. The maximum Gasteiger partial charge on any atom is 0.146 e. The van der Waals surface area contributed by atoms with Gasteiger partial charge in [0.2, 0.25) is 0 Å². The summed E-state index contributed by atoms with van der Waals surface area (Å²) in [6, 6.07) is 6.65. The molecule has 0 aromatic carbocycles. The third kappa shape index (κ3) is 5.98. The van der Waals surface area contributed by atoms with Crippen molar-refractivity contribution >= 4 is 50.3 Å². The lowest BCUT2D eigenvalue weighted by Gasteiger charge is -2.39. The van der Waals surface area contributed by atoms with E-state index in [1.54, 1.807) is 19.9 Å². The van der Waals surface area contributed by atoms with Gasteiger partial charge in [-0.05, 0) is 74.6 Å². The Morgan fingerprint density at radius 1 is 1.31 bits per heavy atom. The normalized spacial score (nSPS) is 25.9. The van der Waals surface area contributed by atoms with Crippen molar-refractivity contribution in [2.75, 3.05) is 12.3 Å². The molecule has 0 saturated heterocycles. The van der Waals surface area contributed by atoms with E-state index in [2.05, 4.69) is 56.8 Å². The number of nitrogens with zero attached hydrogens (tertiary/aromatic N) is 3. The van der Waals surface area contributed by atoms with Crippen LogP contribution < -0.4 is 9.91 Å². The first-order valence-corrected chi connectivity index (χ1v) is 18.5. The zero-order valence-electron chi connectivity index (χ0n) is 22.3. The largest absolute Gasteiger partial charge is 0.598 e. The highest BCUT2D eigenvalue weighted by Crippen LogP contribution is 2.37. The summed E-state index contributed by atoms with van der Waals surface area (Å²) in [5.74, 6) is -0.589. The summed E-state index contributed by atoms with van der Waals surface area (Å²) >= 11 is 1.88. The van der Waals surface area contributed by atoms with Crippen molar-refractivity contribution < 1.29 is 13.2 Å². The number of aromatic nitrogens is 1. The Balaban J connectivity index is 2.84. The van der Waals surface area contributed by atoms with Crippen molar-refractivity contribution in [2.45, 2.75) is 101 Å². The van der Waals surface area contributed by atoms with Crippen LogP contribution in [0.4, 0.5) is 4.39 Å². The Hall–Kier alpha value is -0.513. The highest BCUT2D eigenvalue weighted by atomic mass is 79.9. The second-order valence-corrected chi connectivity index (χ2v) is 21.6. The van der Waals surface area contributed by atoms with Crippen LogP contribution in [0.15, 0.2) is 15.0 Å². The molecule has 0 spiro atoms. The number of halogens is 2. The first-order chi connectivity index (χ1) is 16.1. The monoisotopic (exact) mass is 606 g/mol. The summed E-state index contributed by atoms with van der Waals surface area (Å²) in [5.41, 5.74) is -1.30. The summed E-state index contributed by atoms with van der Waals surface area (Å²) in [6.45, 7) is 15.5. The topological polar surface area (TPSA) is 101 Å². The van der Waals surface area contributed by atoms with Crippen LogP contribution in [0.3, 0.4) is 0 Å². The molecule has 0 saturated carbocycles. The smallest absolute Gasteiger partial charge is 0.146 e. The van der Waals surface area contributed by atoms with Gasteiger partial charge in [-0.2, -0.15) is 5.26 Å². The molecule has 1 aromatic heterocycles. The summed E-state index contributed by atoms with van der Waals surface area (Å²) < 4.78 is 50.3. The number of nitrogens with one attached hydrogen (secondary N) is 1. The molecule has 0 aliphatic carbocycles. The second kappa shape index (κ2) is 11.1. The molecule has 1 aliphatic rings. The van der Waals surface area contributed by atoms with Crippen molar-refractivity contribution in [3.63, 3.8) is 0 Å². The van der Waals surface area contributed by atoms with Crippen LogP contribution in [0.5, 0.6) is 0 Å². The van der Waals surface area contributed by atoms with Crippen molar-refractivity contribution in [3.05, 3.63) is 22.2 Å². The minimum atomic E-state index is -3.12. The molecule has 2 rings (SSSR count). The van der Waals surface area contributed by atoms with Gasteiger partial charge in [-0.15, -0.1) is 4.72 Å². The third-order valence-electron chi connectivity index (χ3n) is 7.46. The minimum Gasteiger partial charge on any atom is -0.598 e. The van der Waals surface area contributed by atoms with E-state index in [1.165, 1.54) is 0 Å². The van der Waals surface area contributed by atoms with Crippen molar-refractivity contribution in [2.24, 2.45) is 4.36 Å². The molecule has 0 fully saturated rings. The number of nitriles is 1. The van der Waals surface area contributed by atoms with Gasteiger partial charge in [0.15, 0.2) is 0 Å². The molecule has 1 N–H and O–H groups in total. The van der Waals surface area contributed by atoms with E-state index < -0.39 is 50.0 Å². The lowest BCUT2D eigenvalue weighted by atomic mass is 10.0.